The first-order valence-corrected chi connectivity index (χ1v) is 9.77. The van der Waals surface area contributed by atoms with Crippen molar-refractivity contribution in [2.24, 2.45) is 5.92 Å². The minimum Gasteiger partial charge on any atom is -0.497 e. The molecular weight excluding hydrogens is 356 g/mol. The number of hydrogen-bond acceptors (Lipinski definition) is 6. The van der Waals surface area contributed by atoms with Gasteiger partial charge in [0.05, 0.1) is 18.1 Å². The van der Waals surface area contributed by atoms with Gasteiger partial charge in [-0.05, 0) is 48.5 Å². The predicted octanol–water partition coefficient (Wildman–Crippen LogP) is 1.35. The zero-order valence-electron chi connectivity index (χ0n) is 14.4. The van der Waals surface area contributed by atoms with E-state index < -0.39 is 16.1 Å². The van der Waals surface area contributed by atoms with E-state index in [-0.39, 0.29) is 17.4 Å². The molecule has 1 heterocycles. The van der Waals surface area contributed by atoms with Crippen molar-refractivity contribution in [2.45, 2.75) is 11.0 Å². The van der Waals surface area contributed by atoms with Crippen LogP contribution in [0.2, 0.25) is 0 Å². The average Bonchev–Trinajstić information content (AvgIpc) is 3.06. The summed E-state index contributed by atoms with van der Waals surface area (Å²) in [4.78, 5) is 0.153. The van der Waals surface area contributed by atoms with Crippen molar-refractivity contribution < 1.29 is 23.0 Å². The van der Waals surface area contributed by atoms with Gasteiger partial charge in [-0.25, -0.2) is 13.1 Å². The van der Waals surface area contributed by atoms with E-state index in [1.54, 1.807) is 43.5 Å². The largest absolute Gasteiger partial charge is 0.497 e. The van der Waals surface area contributed by atoms with E-state index in [9.17, 15) is 13.5 Å². The lowest BCUT2D eigenvalue weighted by Crippen LogP contribution is -2.34. The molecule has 2 aromatic rings. The molecule has 2 aromatic carbocycles. The van der Waals surface area contributed by atoms with Crippen LogP contribution in [0.5, 0.6) is 17.2 Å². The topological polar surface area (TPSA) is 96.9 Å². The summed E-state index contributed by atoms with van der Waals surface area (Å²) < 4.78 is 38.1. The summed E-state index contributed by atoms with van der Waals surface area (Å²) in [7, 11) is -2.04. The van der Waals surface area contributed by atoms with Gasteiger partial charge in [-0.1, -0.05) is 0 Å². The molecule has 0 unspecified atom stereocenters. The van der Waals surface area contributed by atoms with Crippen LogP contribution in [0, 0.1) is 5.92 Å². The van der Waals surface area contributed by atoms with E-state index in [0.717, 1.165) is 5.75 Å². The maximum Gasteiger partial charge on any atom is 0.240 e. The molecule has 7 nitrogen and oxygen atoms in total. The van der Waals surface area contributed by atoms with Crippen LogP contribution in [-0.2, 0) is 10.0 Å². The second-order valence-electron chi connectivity index (χ2n) is 6.09. The van der Waals surface area contributed by atoms with Crippen molar-refractivity contribution in [3.8, 4) is 17.2 Å². The van der Waals surface area contributed by atoms with Crippen molar-refractivity contribution >= 4 is 10.0 Å². The standard InChI is InChI=1S/C18H22N2O5S/c1-24-14-2-4-15(5-3-14)25-16-6-8-17(9-7-16)26(22,23)20-11-13-10-19-12-18(13)21/h2-9,13,18-21H,10-12H2,1H3/t13-,18-/m0/s1. The Morgan fingerprint density at radius 1 is 1.04 bits per heavy atom. The third-order valence-electron chi connectivity index (χ3n) is 4.27. The fourth-order valence-electron chi connectivity index (χ4n) is 2.69. The first kappa shape index (κ1) is 18.7. The van der Waals surface area contributed by atoms with Crippen molar-refractivity contribution in [3.05, 3.63) is 48.5 Å². The van der Waals surface area contributed by atoms with E-state index in [1.807, 2.05) is 0 Å². The van der Waals surface area contributed by atoms with Crippen molar-refractivity contribution in [3.63, 3.8) is 0 Å². The third kappa shape index (κ3) is 4.53. The summed E-state index contributed by atoms with van der Waals surface area (Å²) in [6.45, 7) is 1.28. The molecule has 0 saturated carbocycles. The van der Waals surface area contributed by atoms with Crippen LogP contribution in [0.3, 0.4) is 0 Å². The second-order valence-corrected chi connectivity index (χ2v) is 7.85. The van der Waals surface area contributed by atoms with Gasteiger partial charge in [0.2, 0.25) is 10.0 Å². The van der Waals surface area contributed by atoms with Crippen molar-refractivity contribution in [2.75, 3.05) is 26.7 Å². The molecule has 0 radical (unpaired) electrons. The number of sulfonamides is 1. The average molecular weight is 378 g/mol. The first-order valence-electron chi connectivity index (χ1n) is 8.28. The Morgan fingerprint density at radius 2 is 1.62 bits per heavy atom. The number of β-amino-alcohol motifs (C(OH)–C–C–N with tert-alkyl or cyclic N) is 1. The second kappa shape index (κ2) is 8.05. The first-order chi connectivity index (χ1) is 12.5. The summed E-state index contributed by atoms with van der Waals surface area (Å²) in [5.41, 5.74) is 0. The molecule has 1 saturated heterocycles. The number of rotatable bonds is 7. The highest BCUT2D eigenvalue weighted by Crippen LogP contribution is 2.25. The molecular formula is C18H22N2O5S. The summed E-state index contributed by atoms with van der Waals surface area (Å²) in [6, 6.07) is 13.3. The van der Waals surface area contributed by atoms with E-state index in [4.69, 9.17) is 9.47 Å². The quantitative estimate of drug-likeness (QED) is 0.673. The van der Waals surface area contributed by atoms with Gasteiger partial charge in [0.15, 0.2) is 0 Å². The van der Waals surface area contributed by atoms with E-state index in [1.165, 1.54) is 12.1 Å². The number of aliphatic hydroxyl groups excluding tert-OH is 1. The molecule has 0 bridgehead atoms. The van der Waals surface area contributed by atoms with Gasteiger partial charge in [-0.2, -0.15) is 0 Å². The summed E-state index contributed by atoms with van der Waals surface area (Å²) in [5, 5.41) is 12.8. The number of ether oxygens (including phenoxy) is 2. The molecule has 1 fully saturated rings. The smallest absolute Gasteiger partial charge is 0.240 e. The highest BCUT2D eigenvalue weighted by atomic mass is 32.2. The minimum absolute atomic E-state index is 0.123. The minimum atomic E-state index is -3.63. The van der Waals surface area contributed by atoms with Gasteiger partial charge in [0.1, 0.15) is 17.2 Å². The Kier molecular flexibility index (Phi) is 5.77. The Labute approximate surface area is 153 Å². The highest BCUT2D eigenvalue weighted by Gasteiger charge is 2.26. The molecule has 3 N–H and O–H groups in total. The maximum absolute atomic E-state index is 12.4. The van der Waals surface area contributed by atoms with Gasteiger partial charge in [0, 0.05) is 25.6 Å². The molecule has 1 aliphatic heterocycles. The van der Waals surface area contributed by atoms with Crippen LogP contribution in [0.15, 0.2) is 53.4 Å². The summed E-state index contributed by atoms with van der Waals surface area (Å²) >= 11 is 0. The SMILES string of the molecule is COc1ccc(Oc2ccc(S(=O)(=O)NC[C@@H]3CNC[C@@H]3O)cc2)cc1. The molecule has 0 spiro atoms. The predicted molar refractivity (Wildman–Crippen MR) is 97.1 cm³/mol. The Bertz CT molecular complexity index is 822. The van der Waals surface area contributed by atoms with Crippen molar-refractivity contribution in [1.29, 1.82) is 0 Å². The fraction of sp³-hybridized carbons (Fsp3) is 0.333. The van der Waals surface area contributed by atoms with Crippen LogP contribution >= 0.6 is 0 Å². The Morgan fingerprint density at radius 3 is 2.15 bits per heavy atom. The van der Waals surface area contributed by atoms with Crippen LogP contribution in [0.25, 0.3) is 0 Å². The number of hydrogen-bond donors (Lipinski definition) is 3. The van der Waals surface area contributed by atoms with E-state index in [0.29, 0.717) is 24.6 Å². The Balaban J connectivity index is 1.62. The lowest BCUT2D eigenvalue weighted by atomic mass is 10.1. The highest BCUT2D eigenvalue weighted by molar-refractivity contribution is 7.89. The van der Waals surface area contributed by atoms with Gasteiger partial charge >= 0.3 is 0 Å². The molecule has 140 valence electrons. The van der Waals surface area contributed by atoms with Crippen LogP contribution in [0.4, 0.5) is 0 Å². The monoisotopic (exact) mass is 378 g/mol. The summed E-state index contributed by atoms with van der Waals surface area (Å²) in [5.74, 6) is 1.77. The molecule has 3 rings (SSSR count). The zero-order valence-corrected chi connectivity index (χ0v) is 15.2. The summed E-state index contributed by atoms with van der Waals surface area (Å²) in [6.07, 6.45) is -0.530. The van der Waals surface area contributed by atoms with Crippen molar-refractivity contribution in [1.82, 2.24) is 10.0 Å². The number of aliphatic hydroxyl groups is 1. The van der Waals surface area contributed by atoms with Gasteiger partial charge in [-0.15, -0.1) is 0 Å². The molecule has 0 aliphatic carbocycles. The van der Waals surface area contributed by atoms with Gasteiger partial charge < -0.3 is 19.9 Å². The Hall–Kier alpha value is -2.13. The lowest BCUT2D eigenvalue weighted by Gasteiger charge is -2.14. The maximum atomic E-state index is 12.4. The van der Waals surface area contributed by atoms with Gasteiger partial charge in [0.25, 0.3) is 0 Å². The number of nitrogens with one attached hydrogen (secondary N) is 2. The van der Waals surface area contributed by atoms with Crippen LogP contribution in [-0.4, -0.2) is 46.4 Å². The van der Waals surface area contributed by atoms with Crippen LogP contribution < -0.4 is 19.5 Å². The normalized spacial score (nSPS) is 20.1. The molecule has 0 aromatic heterocycles. The number of methoxy groups -OCH3 is 1. The van der Waals surface area contributed by atoms with E-state index >= 15 is 0 Å². The molecule has 0 amide bonds. The third-order valence-corrected chi connectivity index (χ3v) is 5.71. The van der Waals surface area contributed by atoms with Crippen LogP contribution in [0.1, 0.15) is 0 Å². The van der Waals surface area contributed by atoms with Gasteiger partial charge in [-0.3, -0.25) is 0 Å². The lowest BCUT2D eigenvalue weighted by molar-refractivity contribution is 0.149. The molecule has 26 heavy (non-hydrogen) atoms. The molecule has 8 heteroatoms. The molecule has 2 atom stereocenters. The fourth-order valence-corrected chi connectivity index (χ4v) is 3.79. The zero-order chi connectivity index (χ0) is 18.6. The number of benzene rings is 2. The molecule has 1 aliphatic rings. The van der Waals surface area contributed by atoms with E-state index in [2.05, 4.69) is 10.0 Å².